The molecular weight excluding hydrogens is 208 g/mol. The first-order chi connectivity index (χ1) is 7.74. The van der Waals surface area contributed by atoms with Gasteiger partial charge in [-0.2, -0.15) is 5.26 Å². The summed E-state index contributed by atoms with van der Waals surface area (Å²) in [5.74, 6) is 0.178. The van der Waals surface area contributed by atoms with Crippen molar-refractivity contribution in [2.24, 2.45) is 0 Å². The molecule has 1 aromatic rings. The third kappa shape index (κ3) is 1.77. The summed E-state index contributed by atoms with van der Waals surface area (Å²) >= 11 is 0. The van der Waals surface area contributed by atoms with Crippen LogP contribution in [0.1, 0.15) is 10.4 Å². The van der Waals surface area contributed by atoms with Crippen LogP contribution in [0.5, 0.6) is 5.75 Å². The smallest absolute Gasteiger partial charge is 0.337 e. The average Bonchev–Trinajstić information content (AvgIpc) is 2.36. The lowest BCUT2D eigenvalue weighted by atomic mass is 10.1. The van der Waals surface area contributed by atoms with Crippen LogP contribution in [-0.4, -0.2) is 25.7 Å². The van der Waals surface area contributed by atoms with Gasteiger partial charge in [-0.15, -0.1) is 0 Å². The Hall–Kier alpha value is -2.22. The molecule has 16 heavy (non-hydrogen) atoms. The third-order valence-electron chi connectivity index (χ3n) is 2.29. The summed E-state index contributed by atoms with van der Waals surface area (Å²) in [7, 11) is 1.33. The van der Waals surface area contributed by atoms with Gasteiger partial charge in [0.2, 0.25) is 6.10 Å². The fourth-order valence-corrected chi connectivity index (χ4v) is 1.49. The molecule has 0 spiro atoms. The van der Waals surface area contributed by atoms with Crippen LogP contribution in [0.3, 0.4) is 0 Å². The normalized spacial score (nSPS) is 17.4. The molecule has 0 amide bonds. The molecule has 0 aromatic heterocycles. The summed E-state index contributed by atoms with van der Waals surface area (Å²) in [6.45, 7) is 0.411. The molecular formula is C11H10N2O3. The quantitative estimate of drug-likeness (QED) is 0.716. The van der Waals surface area contributed by atoms with Crippen molar-refractivity contribution in [3.05, 3.63) is 23.8 Å². The summed E-state index contributed by atoms with van der Waals surface area (Å²) < 4.78 is 9.98. The number of nitriles is 1. The van der Waals surface area contributed by atoms with Gasteiger partial charge in [0.25, 0.3) is 0 Å². The van der Waals surface area contributed by atoms with E-state index in [1.165, 1.54) is 7.11 Å². The second kappa shape index (κ2) is 4.11. The van der Waals surface area contributed by atoms with Crippen LogP contribution in [0.2, 0.25) is 0 Å². The first-order valence-corrected chi connectivity index (χ1v) is 4.77. The molecule has 0 saturated heterocycles. The van der Waals surface area contributed by atoms with Gasteiger partial charge in [-0.1, -0.05) is 0 Å². The maximum atomic E-state index is 11.3. The van der Waals surface area contributed by atoms with Gasteiger partial charge >= 0.3 is 5.97 Å². The van der Waals surface area contributed by atoms with Gasteiger partial charge in [-0.25, -0.2) is 4.79 Å². The predicted molar refractivity (Wildman–Crippen MR) is 56.3 cm³/mol. The minimum atomic E-state index is -0.489. The lowest BCUT2D eigenvalue weighted by Crippen LogP contribution is -2.29. The number of ether oxygens (including phenoxy) is 2. The Balaban J connectivity index is 2.29. The fraction of sp³-hybridized carbons (Fsp3) is 0.273. The molecule has 0 fully saturated rings. The number of anilines is 1. The monoisotopic (exact) mass is 218 g/mol. The lowest BCUT2D eigenvalue weighted by molar-refractivity contribution is 0.0600. The highest BCUT2D eigenvalue weighted by molar-refractivity contribution is 5.91. The van der Waals surface area contributed by atoms with Crippen molar-refractivity contribution in [1.82, 2.24) is 0 Å². The number of hydrogen-bond donors (Lipinski definition) is 1. The molecule has 0 unspecified atom stereocenters. The summed E-state index contributed by atoms with van der Waals surface area (Å²) in [6, 6.07) is 6.92. The summed E-state index contributed by atoms with van der Waals surface area (Å²) in [4.78, 5) is 11.3. The van der Waals surface area contributed by atoms with Gasteiger partial charge in [0, 0.05) is 0 Å². The standard InChI is InChI=1S/C11H10N2O3/c1-15-11(14)7-2-3-10-9(4-7)13-6-8(5-12)16-10/h2-4,8,13H,6H2,1H3/t8-/m1/s1. The van der Waals surface area contributed by atoms with E-state index in [0.717, 1.165) is 0 Å². The zero-order chi connectivity index (χ0) is 11.5. The number of esters is 1. The predicted octanol–water partition coefficient (Wildman–Crippen LogP) is 1.17. The topological polar surface area (TPSA) is 71.3 Å². The molecule has 0 radical (unpaired) electrons. The number of nitrogens with zero attached hydrogens (tertiary/aromatic N) is 1. The van der Waals surface area contributed by atoms with Crippen molar-refractivity contribution in [2.45, 2.75) is 6.10 Å². The SMILES string of the molecule is COC(=O)c1ccc2c(c1)NC[C@@H](C#N)O2. The van der Waals surface area contributed by atoms with E-state index in [1.54, 1.807) is 18.2 Å². The van der Waals surface area contributed by atoms with Gasteiger partial charge in [-0.05, 0) is 18.2 Å². The van der Waals surface area contributed by atoms with E-state index in [9.17, 15) is 4.79 Å². The van der Waals surface area contributed by atoms with E-state index in [0.29, 0.717) is 23.5 Å². The number of fused-ring (bicyclic) bond motifs is 1. The molecule has 1 N–H and O–H groups in total. The Bertz CT molecular complexity index is 465. The van der Waals surface area contributed by atoms with Crippen molar-refractivity contribution >= 4 is 11.7 Å². The zero-order valence-electron chi connectivity index (χ0n) is 8.69. The van der Waals surface area contributed by atoms with Crippen molar-refractivity contribution < 1.29 is 14.3 Å². The van der Waals surface area contributed by atoms with Crippen molar-refractivity contribution in [3.63, 3.8) is 0 Å². The van der Waals surface area contributed by atoms with Gasteiger partial charge in [0.1, 0.15) is 11.8 Å². The maximum Gasteiger partial charge on any atom is 0.337 e. The minimum Gasteiger partial charge on any atom is -0.472 e. The lowest BCUT2D eigenvalue weighted by Gasteiger charge is -2.23. The van der Waals surface area contributed by atoms with Gasteiger partial charge < -0.3 is 14.8 Å². The van der Waals surface area contributed by atoms with E-state index in [2.05, 4.69) is 10.1 Å². The number of benzene rings is 1. The Morgan fingerprint density at radius 2 is 2.50 bits per heavy atom. The van der Waals surface area contributed by atoms with E-state index < -0.39 is 12.1 Å². The molecule has 1 aliphatic heterocycles. The first-order valence-electron chi connectivity index (χ1n) is 4.77. The minimum absolute atomic E-state index is 0.396. The van der Waals surface area contributed by atoms with Crippen LogP contribution in [0.4, 0.5) is 5.69 Å². The molecule has 1 heterocycles. The number of hydrogen-bond acceptors (Lipinski definition) is 5. The number of carbonyl (C=O) groups excluding carboxylic acids is 1. The van der Waals surface area contributed by atoms with E-state index in [1.807, 2.05) is 6.07 Å². The highest BCUT2D eigenvalue weighted by Gasteiger charge is 2.19. The van der Waals surface area contributed by atoms with Crippen LogP contribution in [0, 0.1) is 11.3 Å². The van der Waals surface area contributed by atoms with Crippen LogP contribution < -0.4 is 10.1 Å². The Morgan fingerprint density at radius 1 is 1.69 bits per heavy atom. The molecule has 1 aromatic carbocycles. The second-order valence-corrected chi connectivity index (χ2v) is 3.32. The Labute approximate surface area is 92.6 Å². The van der Waals surface area contributed by atoms with Gasteiger partial charge in [-0.3, -0.25) is 0 Å². The van der Waals surface area contributed by atoms with Gasteiger partial charge in [0.05, 0.1) is 24.9 Å². The van der Waals surface area contributed by atoms with Crippen molar-refractivity contribution in [2.75, 3.05) is 19.0 Å². The third-order valence-corrected chi connectivity index (χ3v) is 2.29. The molecule has 82 valence electrons. The number of rotatable bonds is 1. The zero-order valence-corrected chi connectivity index (χ0v) is 8.69. The summed E-state index contributed by atoms with van der Waals surface area (Å²) in [6.07, 6.45) is -0.489. The van der Waals surface area contributed by atoms with Crippen molar-refractivity contribution in [3.8, 4) is 11.8 Å². The van der Waals surface area contributed by atoms with Gasteiger partial charge in [0.15, 0.2) is 0 Å². The number of methoxy groups -OCH3 is 1. The largest absolute Gasteiger partial charge is 0.472 e. The Kier molecular flexibility index (Phi) is 2.64. The highest BCUT2D eigenvalue weighted by atomic mass is 16.5. The molecule has 5 heteroatoms. The fourth-order valence-electron chi connectivity index (χ4n) is 1.49. The molecule has 1 aliphatic rings. The van der Waals surface area contributed by atoms with Crippen molar-refractivity contribution in [1.29, 1.82) is 5.26 Å². The van der Waals surface area contributed by atoms with Crippen LogP contribution in [-0.2, 0) is 4.74 Å². The Morgan fingerprint density at radius 3 is 3.19 bits per heavy atom. The van der Waals surface area contributed by atoms with E-state index in [-0.39, 0.29) is 0 Å². The van der Waals surface area contributed by atoms with Crippen LogP contribution in [0.15, 0.2) is 18.2 Å². The molecule has 0 bridgehead atoms. The van der Waals surface area contributed by atoms with E-state index in [4.69, 9.17) is 10.00 Å². The molecule has 5 nitrogen and oxygen atoms in total. The number of nitrogens with one attached hydrogen (secondary N) is 1. The average molecular weight is 218 g/mol. The summed E-state index contributed by atoms with van der Waals surface area (Å²) in [5, 5.41) is 11.7. The number of carbonyl (C=O) groups is 1. The van der Waals surface area contributed by atoms with Crippen LogP contribution in [0.25, 0.3) is 0 Å². The van der Waals surface area contributed by atoms with Crippen LogP contribution >= 0.6 is 0 Å². The summed E-state index contributed by atoms with van der Waals surface area (Å²) in [5.41, 5.74) is 1.15. The molecule has 2 rings (SSSR count). The first kappa shape index (κ1) is 10.3. The second-order valence-electron chi connectivity index (χ2n) is 3.32. The maximum absolute atomic E-state index is 11.3. The highest BCUT2D eigenvalue weighted by Crippen LogP contribution is 2.29. The van der Waals surface area contributed by atoms with E-state index >= 15 is 0 Å². The molecule has 1 atom stereocenters. The molecule has 0 aliphatic carbocycles. The molecule has 0 saturated carbocycles.